The fraction of sp³-hybridized carbons (Fsp3) is 0.588. The van der Waals surface area contributed by atoms with Crippen LogP contribution in [0.4, 0.5) is 0 Å². The van der Waals surface area contributed by atoms with Crippen LogP contribution in [0.1, 0.15) is 35.6 Å². The highest BCUT2D eigenvalue weighted by molar-refractivity contribution is 5.85. The van der Waals surface area contributed by atoms with Gasteiger partial charge in [0.25, 0.3) is 0 Å². The van der Waals surface area contributed by atoms with Crippen molar-refractivity contribution >= 4 is 5.91 Å². The Balaban J connectivity index is 2.41. The Morgan fingerprint density at radius 2 is 1.77 bits per heavy atom. The summed E-state index contributed by atoms with van der Waals surface area (Å²) in [5, 5.41) is 10.2. The summed E-state index contributed by atoms with van der Waals surface area (Å²) in [5.41, 5.74) is 5.64. The third-order valence-corrected chi connectivity index (χ3v) is 4.44. The molecule has 0 fully saturated rings. The van der Waals surface area contributed by atoms with Crippen LogP contribution >= 0.6 is 0 Å². The predicted molar refractivity (Wildman–Crippen MR) is 85.8 cm³/mol. The first-order valence-electron chi connectivity index (χ1n) is 7.61. The molecule has 1 amide bonds. The number of carbonyl (C=O) groups is 1. The van der Waals surface area contributed by atoms with E-state index >= 15 is 0 Å². The molecule has 1 atom stereocenters. The zero-order chi connectivity index (χ0) is 16.9. The molecule has 1 heterocycles. The van der Waals surface area contributed by atoms with Crippen LogP contribution in [0.2, 0.25) is 0 Å². The molecule has 0 radical (unpaired) electrons. The number of carbonyl (C=O) groups excluding carboxylic acids is 1. The summed E-state index contributed by atoms with van der Waals surface area (Å²) < 4.78 is 6.49. The van der Waals surface area contributed by atoms with E-state index in [9.17, 15) is 9.90 Å². The van der Waals surface area contributed by atoms with E-state index in [0.717, 1.165) is 34.4 Å². The summed E-state index contributed by atoms with van der Waals surface area (Å²) in [5.74, 6) is 0.964. The van der Waals surface area contributed by atoms with Crippen LogP contribution < -0.4 is 10.2 Å². The molecule has 0 saturated heterocycles. The second-order valence-corrected chi connectivity index (χ2v) is 7.32. The van der Waals surface area contributed by atoms with Crippen molar-refractivity contribution in [3.05, 3.63) is 22.3 Å². The lowest BCUT2D eigenvalue weighted by Crippen LogP contribution is -2.60. The van der Waals surface area contributed by atoms with Crippen LogP contribution in [0, 0.1) is 20.8 Å². The van der Waals surface area contributed by atoms with Crippen molar-refractivity contribution < 1.29 is 19.2 Å². The van der Waals surface area contributed by atoms with Crippen molar-refractivity contribution in [1.29, 1.82) is 0 Å². The molecule has 0 spiro atoms. The molecule has 5 heteroatoms. The highest BCUT2D eigenvalue weighted by Crippen LogP contribution is 2.43. The van der Waals surface area contributed by atoms with Gasteiger partial charge in [-0.2, -0.15) is 5.43 Å². The van der Waals surface area contributed by atoms with Gasteiger partial charge in [0.1, 0.15) is 11.5 Å². The third-order valence-electron chi connectivity index (χ3n) is 4.44. The summed E-state index contributed by atoms with van der Waals surface area (Å²) in [7, 11) is 5.70. The Morgan fingerprint density at radius 3 is 2.32 bits per heavy atom. The second-order valence-electron chi connectivity index (χ2n) is 7.32. The van der Waals surface area contributed by atoms with Crippen LogP contribution in [0.3, 0.4) is 0 Å². The Labute approximate surface area is 132 Å². The van der Waals surface area contributed by atoms with Crippen LogP contribution in [-0.2, 0) is 11.2 Å². The van der Waals surface area contributed by atoms with Crippen molar-refractivity contribution in [1.82, 2.24) is 5.43 Å². The SMILES string of the molecule is Cc1c(C)c2c(c(C)c1O)CCC(C)(C(=O)N[N+](C)(C)C)O2. The Kier molecular flexibility index (Phi) is 3.90. The van der Waals surface area contributed by atoms with Crippen LogP contribution in [-0.4, -0.2) is 42.3 Å². The maximum absolute atomic E-state index is 12.6. The molecular formula is C17H27N2O3+. The molecule has 1 aromatic carbocycles. The van der Waals surface area contributed by atoms with Gasteiger partial charge in [0, 0.05) is 12.0 Å². The number of rotatable bonds is 2. The molecule has 0 saturated carbocycles. The quantitative estimate of drug-likeness (QED) is 0.650. The molecule has 0 aromatic heterocycles. The first-order chi connectivity index (χ1) is 9.96. The van der Waals surface area contributed by atoms with E-state index in [1.54, 1.807) is 0 Å². The average molecular weight is 307 g/mol. The Bertz CT molecular complexity index is 632. The minimum atomic E-state index is -0.890. The molecule has 1 aromatic rings. The van der Waals surface area contributed by atoms with Gasteiger partial charge in [0.2, 0.25) is 0 Å². The highest BCUT2D eigenvalue weighted by atomic mass is 16.5. The van der Waals surface area contributed by atoms with Gasteiger partial charge < -0.3 is 9.84 Å². The monoisotopic (exact) mass is 307 g/mol. The largest absolute Gasteiger partial charge is 0.507 e. The lowest BCUT2D eigenvalue weighted by molar-refractivity contribution is -0.906. The summed E-state index contributed by atoms with van der Waals surface area (Å²) in [6, 6.07) is 0. The molecule has 22 heavy (non-hydrogen) atoms. The van der Waals surface area contributed by atoms with E-state index in [4.69, 9.17) is 4.74 Å². The van der Waals surface area contributed by atoms with Gasteiger partial charge in [0.05, 0.1) is 21.1 Å². The van der Waals surface area contributed by atoms with Gasteiger partial charge in [-0.1, -0.05) is 0 Å². The number of hydrogen-bond donors (Lipinski definition) is 2. The normalized spacial score (nSPS) is 21.0. The standard InChI is InChI=1S/C17H26N2O3/c1-10-11(2)15-13(12(3)14(10)20)8-9-17(4,22-15)16(21)18-19(5,6)7/h8-9H2,1-7H3,(H-,18,20,21)/p+1. The Morgan fingerprint density at radius 1 is 1.18 bits per heavy atom. The molecule has 0 bridgehead atoms. The lowest BCUT2D eigenvalue weighted by Gasteiger charge is -2.38. The van der Waals surface area contributed by atoms with Gasteiger partial charge in [-0.05, 0) is 50.8 Å². The second kappa shape index (κ2) is 5.16. The van der Waals surface area contributed by atoms with Crippen LogP contribution in [0.15, 0.2) is 0 Å². The average Bonchev–Trinajstić information content (AvgIpc) is 2.41. The van der Waals surface area contributed by atoms with Gasteiger partial charge in [-0.3, -0.25) is 4.79 Å². The maximum atomic E-state index is 12.6. The maximum Gasteiger partial charge on any atom is 0.308 e. The molecular weight excluding hydrogens is 280 g/mol. The molecule has 122 valence electrons. The van der Waals surface area contributed by atoms with Crippen molar-refractivity contribution in [3.63, 3.8) is 0 Å². The first kappa shape index (κ1) is 16.6. The number of nitrogens with zero attached hydrogens (tertiary/aromatic N) is 1. The number of phenols is 1. The molecule has 2 N–H and O–H groups in total. The van der Waals surface area contributed by atoms with E-state index < -0.39 is 5.60 Å². The number of aromatic hydroxyl groups is 1. The van der Waals surface area contributed by atoms with E-state index in [0.29, 0.717) is 16.8 Å². The summed E-state index contributed by atoms with van der Waals surface area (Å²) in [6.07, 6.45) is 1.31. The van der Waals surface area contributed by atoms with E-state index in [-0.39, 0.29) is 5.91 Å². The summed E-state index contributed by atoms with van der Waals surface area (Å²) in [4.78, 5) is 12.6. The lowest BCUT2D eigenvalue weighted by atomic mass is 9.87. The van der Waals surface area contributed by atoms with Gasteiger partial charge in [-0.25, -0.2) is 4.59 Å². The van der Waals surface area contributed by atoms with Crippen LogP contribution in [0.25, 0.3) is 0 Å². The number of quaternary nitrogens is 1. The van der Waals surface area contributed by atoms with Gasteiger partial charge in [0.15, 0.2) is 5.60 Å². The number of phenolic OH excluding ortho intramolecular Hbond substituents is 1. The van der Waals surface area contributed by atoms with Crippen molar-refractivity contribution in [2.45, 2.75) is 46.1 Å². The number of nitrogens with one attached hydrogen (secondary N) is 1. The number of ether oxygens (including phenoxy) is 1. The highest BCUT2D eigenvalue weighted by Gasteiger charge is 2.42. The fourth-order valence-corrected chi connectivity index (χ4v) is 2.83. The Hall–Kier alpha value is -1.75. The number of fused-ring (bicyclic) bond motifs is 1. The third kappa shape index (κ3) is 2.77. The molecule has 1 aliphatic rings. The van der Waals surface area contributed by atoms with Crippen LogP contribution in [0.5, 0.6) is 11.5 Å². The molecule has 5 nitrogen and oxygen atoms in total. The zero-order valence-corrected chi connectivity index (χ0v) is 14.6. The summed E-state index contributed by atoms with van der Waals surface area (Å²) in [6.45, 7) is 7.53. The van der Waals surface area contributed by atoms with E-state index in [2.05, 4.69) is 5.43 Å². The van der Waals surface area contributed by atoms with Gasteiger partial charge in [-0.15, -0.1) is 0 Å². The van der Waals surface area contributed by atoms with E-state index in [1.165, 1.54) is 0 Å². The smallest absolute Gasteiger partial charge is 0.308 e. The van der Waals surface area contributed by atoms with Crippen molar-refractivity contribution in [2.75, 3.05) is 21.1 Å². The van der Waals surface area contributed by atoms with E-state index in [1.807, 2.05) is 48.8 Å². The minimum Gasteiger partial charge on any atom is -0.507 e. The topological polar surface area (TPSA) is 58.6 Å². The van der Waals surface area contributed by atoms with Crippen molar-refractivity contribution in [2.24, 2.45) is 0 Å². The zero-order valence-electron chi connectivity index (χ0n) is 14.6. The molecule has 0 aliphatic carbocycles. The summed E-state index contributed by atoms with van der Waals surface area (Å²) >= 11 is 0. The molecule has 1 aliphatic heterocycles. The number of amides is 1. The van der Waals surface area contributed by atoms with Crippen molar-refractivity contribution in [3.8, 4) is 11.5 Å². The molecule has 1 unspecified atom stereocenters. The van der Waals surface area contributed by atoms with Gasteiger partial charge >= 0.3 is 5.91 Å². The number of benzene rings is 1. The predicted octanol–water partition coefficient (Wildman–Crippen LogP) is 2.14. The first-order valence-corrected chi connectivity index (χ1v) is 7.61. The minimum absolute atomic E-state index is 0.117. The fourth-order valence-electron chi connectivity index (χ4n) is 2.83. The number of hydrogen-bond acceptors (Lipinski definition) is 3. The molecule has 2 rings (SSSR count).